The van der Waals surface area contributed by atoms with E-state index in [0.717, 1.165) is 24.9 Å². The van der Waals surface area contributed by atoms with Crippen LogP contribution in [0.25, 0.3) is 0 Å². The van der Waals surface area contributed by atoms with Crippen molar-refractivity contribution in [3.05, 3.63) is 29.8 Å². The van der Waals surface area contributed by atoms with Gasteiger partial charge in [0.1, 0.15) is 5.75 Å². The molecule has 3 N–H and O–H groups in total. The molecule has 0 aliphatic rings. The monoisotopic (exact) mass is 209 g/mol. The average Bonchev–Trinajstić information content (AvgIpc) is 2.21. The lowest BCUT2D eigenvalue weighted by Crippen LogP contribution is -2.26. The van der Waals surface area contributed by atoms with Crippen molar-refractivity contribution in [3.63, 3.8) is 0 Å². The van der Waals surface area contributed by atoms with Crippen LogP contribution in [0.4, 0.5) is 0 Å². The molecule has 0 aliphatic carbocycles. The first-order chi connectivity index (χ1) is 7.22. The van der Waals surface area contributed by atoms with Crippen LogP contribution in [0.3, 0.4) is 0 Å². The van der Waals surface area contributed by atoms with Crippen LogP contribution in [0, 0.1) is 0 Å². The third-order valence-electron chi connectivity index (χ3n) is 2.27. The third kappa shape index (κ3) is 4.81. The third-order valence-corrected chi connectivity index (χ3v) is 2.27. The van der Waals surface area contributed by atoms with Gasteiger partial charge in [0.25, 0.3) is 0 Å². The Morgan fingerprint density at radius 2 is 1.93 bits per heavy atom. The SMILES string of the molecule is CCCC(O)CNCc1ccc(O)cc1. The van der Waals surface area contributed by atoms with Gasteiger partial charge in [0.15, 0.2) is 0 Å². The molecule has 1 aromatic carbocycles. The first-order valence-corrected chi connectivity index (χ1v) is 5.39. The Morgan fingerprint density at radius 1 is 1.27 bits per heavy atom. The first-order valence-electron chi connectivity index (χ1n) is 5.39. The van der Waals surface area contributed by atoms with Crippen molar-refractivity contribution >= 4 is 0 Å². The Labute approximate surface area is 90.8 Å². The molecule has 3 nitrogen and oxygen atoms in total. The number of hydrogen-bond acceptors (Lipinski definition) is 3. The van der Waals surface area contributed by atoms with Crippen molar-refractivity contribution < 1.29 is 10.2 Å². The standard InChI is InChI=1S/C12H19NO2/c1-2-3-12(15)9-13-8-10-4-6-11(14)7-5-10/h4-7,12-15H,2-3,8-9H2,1H3. The molecule has 84 valence electrons. The van der Waals surface area contributed by atoms with Gasteiger partial charge < -0.3 is 15.5 Å². The fraction of sp³-hybridized carbons (Fsp3) is 0.500. The molecule has 0 amide bonds. The highest BCUT2D eigenvalue weighted by molar-refractivity contribution is 5.25. The highest BCUT2D eigenvalue weighted by atomic mass is 16.3. The quantitative estimate of drug-likeness (QED) is 0.667. The van der Waals surface area contributed by atoms with E-state index in [1.54, 1.807) is 12.1 Å². The fourth-order valence-electron chi connectivity index (χ4n) is 1.43. The van der Waals surface area contributed by atoms with Gasteiger partial charge >= 0.3 is 0 Å². The van der Waals surface area contributed by atoms with Crippen molar-refractivity contribution in [2.75, 3.05) is 6.54 Å². The van der Waals surface area contributed by atoms with E-state index < -0.39 is 0 Å². The van der Waals surface area contributed by atoms with Crippen LogP contribution in [-0.2, 0) is 6.54 Å². The number of aliphatic hydroxyl groups is 1. The number of aromatic hydroxyl groups is 1. The number of phenols is 1. The Kier molecular flexibility index (Phi) is 5.15. The van der Waals surface area contributed by atoms with Gasteiger partial charge in [-0.3, -0.25) is 0 Å². The minimum atomic E-state index is -0.257. The summed E-state index contributed by atoms with van der Waals surface area (Å²) in [7, 11) is 0. The zero-order chi connectivity index (χ0) is 11.1. The topological polar surface area (TPSA) is 52.5 Å². The van der Waals surface area contributed by atoms with E-state index in [1.165, 1.54) is 0 Å². The minimum absolute atomic E-state index is 0.257. The van der Waals surface area contributed by atoms with Gasteiger partial charge in [0, 0.05) is 13.1 Å². The highest BCUT2D eigenvalue weighted by Crippen LogP contribution is 2.09. The molecular weight excluding hydrogens is 190 g/mol. The molecule has 0 radical (unpaired) electrons. The minimum Gasteiger partial charge on any atom is -0.508 e. The summed E-state index contributed by atoms with van der Waals surface area (Å²) in [5.41, 5.74) is 1.11. The summed E-state index contributed by atoms with van der Waals surface area (Å²) in [6.07, 6.45) is 1.58. The Balaban J connectivity index is 2.22. The van der Waals surface area contributed by atoms with E-state index in [0.29, 0.717) is 6.54 Å². The summed E-state index contributed by atoms with van der Waals surface area (Å²) < 4.78 is 0. The second-order valence-corrected chi connectivity index (χ2v) is 3.74. The molecule has 1 aromatic rings. The predicted molar refractivity (Wildman–Crippen MR) is 60.7 cm³/mol. The second-order valence-electron chi connectivity index (χ2n) is 3.74. The van der Waals surface area contributed by atoms with E-state index in [1.807, 2.05) is 12.1 Å². The van der Waals surface area contributed by atoms with Gasteiger partial charge in [-0.25, -0.2) is 0 Å². The molecule has 0 heterocycles. The lowest BCUT2D eigenvalue weighted by atomic mass is 10.2. The van der Waals surface area contributed by atoms with Crippen molar-refractivity contribution in [3.8, 4) is 5.75 Å². The molecular formula is C12H19NO2. The number of rotatable bonds is 6. The molecule has 3 heteroatoms. The molecule has 1 atom stereocenters. The Morgan fingerprint density at radius 3 is 2.53 bits per heavy atom. The first kappa shape index (κ1) is 12.0. The van der Waals surface area contributed by atoms with Crippen molar-refractivity contribution in [1.29, 1.82) is 0 Å². The summed E-state index contributed by atoms with van der Waals surface area (Å²) in [6, 6.07) is 7.07. The van der Waals surface area contributed by atoms with Crippen molar-refractivity contribution in [2.24, 2.45) is 0 Å². The van der Waals surface area contributed by atoms with Crippen LogP contribution in [0.15, 0.2) is 24.3 Å². The van der Waals surface area contributed by atoms with Gasteiger partial charge in [0.05, 0.1) is 6.10 Å². The average molecular weight is 209 g/mol. The van der Waals surface area contributed by atoms with Crippen LogP contribution >= 0.6 is 0 Å². The molecule has 0 spiro atoms. The van der Waals surface area contributed by atoms with Crippen LogP contribution in [0.1, 0.15) is 25.3 Å². The van der Waals surface area contributed by atoms with E-state index >= 15 is 0 Å². The summed E-state index contributed by atoms with van der Waals surface area (Å²) in [5, 5.41) is 21.7. The molecule has 0 fully saturated rings. The number of hydrogen-bond donors (Lipinski definition) is 3. The Hall–Kier alpha value is -1.06. The Bertz CT molecular complexity index is 271. The summed E-state index contributed by atoms with van der Waals surface area (Å²) in [5.74, 6) is 0.282. The van der Waals surface area contributed by atoms with Crippen LogP contribution in [0.2, 0.25) is 0 Å². The predicted octanol–water partition coefficient (Wildman–Crippen LogP) is 1.64. The summed E-state index contributed by atoms with van der Waals surface area (Å²) in [6.45, 7) is 3.40. The van der Waals surface area contributed by atoms with E-state index in [4.69, 9.17) is 5.11 Å². The number of phenolic OH excluding ortho intramolecular Hbond substituents is 1. The maximum absolute atomic E-state index is 9.47. The lowest BCUT2D eigenvalue weighted by Gasteiger charge is -2.10. The van der Waals surface area contributed by atoms with E-state index in [2.05, 4.69) is 12.2 Å². The highest BCUT2D eigenvalue weighted by Gasteiger charge is 2.01. The van der Waals surface area contributed by atoms with Crippen LogP contribution < -0.4 is 5.32 Å². The zero-order valence-electron chi connectivity index (χ0n) is 9.11. The van der Waals surface area contributed by atoms with E-state index in [-0.39, 0.29) is 11.9 Å². The van der Waals surface area contributed by atoms with E-state index in [9.17, 15) is 5.11 Å². The molecule has 0 saturated heterocycles. The smallest absolute Gasteiger partial charge is 0.115 e. The molecule has 0 aromatic heterocycles. The summed E-state index contributed by atoms with van der Waals surface area (Å²) in [4.78, 5) is 0. The second kappa shape index (κ2) is 6.43. The van der Waals surface area contributed by atoms with Crippen molar-refractivity contribution in [1.82, 2.24) is 5.32 Å². The molecule has 0 saturated carbocycles. The van der Waals surface area contributed by atoms with Gasteiger partial charge in [0.2, 0.25) is 0 Å². The van der Waals surface area contributed by atoms with Gasteiger partial charge in [-0.05, 0) is 24.1 Å². The van der Waals surface area contributed by atoms with Crippen LogP contribution in [-0.4, -0.2) is 22.9 Å². The largest absolute Gasteiger partial charge is 0.508 e. The lowest BCUT2D eigenvalue weighted by molar-refractivity contribution is 0.160. The molecule has 1 unspecified atom stereocenters. The number of aliphatic hydroxyl groups excluding tert-OH is 1. The normalized spacial score (nSPS) is 12.7. The van der Waals surface area contributed by atoms with Crippen molar-refractivity contribution in [2.45, 2.75) is 32.4 Å². The number of benzene rings is 1. The fourth-order valence-corrected chi connectivity index (χ4v) is 1.43. The maximum Gasteiger partial charge on any atom is 0.115 e. The molecule has 15 heavy (non-hydrogen) atoms. The van der Waals surface area contributed by atoms with Gasteiger partial charge in [-0.15, -0.1) is 0 Å². The molecule has 1 rings (SSSR count). The number of nitrogens with one attached hydrogen (secondary N) is 1. The summed E-state index contributed by atoms with van der Waals surface area (Å²) >= 11 is 0. The van der Waals surface area contributed by atoms with Gasteiger partial charge in [-0.2, -0.15) is 0 Å². The van der Waals surface area contributed by atoms with Gasteiger partial charge in [-0.1, -0.05) is 25.5 Å². The molecule has 0 aliphatic heterocycles. The maximum atomic E-state index is 9.47. The molecule has 0 bridgehead atoms. The van der Waals surface area contributed by atoms with Crippen LogP contribution in [0.5, 0.6) is 5.75 Å². The zero-order valence-corrected chi connectivity index (χ0v) is 9.11.